The molecule has 2 aromatic rings. The van der Waals surface area contributed by atoms with E-state index in [1.807, 2.05) is 26.0 Å². The molecule has 5 heteroatoms. The van der Waals surface area contributed by atoms with Crippen LogP contribution in [0.2, 0.25) is 0 Å². The molecular weight excluding hydrogens is 318 g/mol. The van der Waals surface area contributed by atoms with E-state index < -0.39 is 12.1 Å². The lowest BCUT2D eigenvalue weighted by molar-refractivity contribution is -0.145. The van der Waals surface area contributed by atoms with E-state index in [1.165, 1.54) is 0 Å². The summed E-state index contributed by atoms with van der Waals surface area (Å²) in [7, 11) is 0. The topological polar surface area (TPSA) is 75.6 Å². The van der Waals surface area contributed by atoms with Crippen molar-refractivity contribution in [3.8, 4) is 5.75 Å². The Balaban J connectivity index is 1.96. The van der Waals surface area contributed by atoms with E-state index in [0.29, 0.717) is 12.2 Å². The molecule has 2 rings (SSSR count). The van der Waals surface area contributed by atoms with Gasteiger partial charge in [0.15, 0.2) is 6.10 Å². The Morgan fingerprint density at radius 2 is 1.68 bits per heavy atom. The summed E-state index contributed by atoms with van der Waals surface area (Å²) in [4.78, 5) is 23.2. The molecule has 2 N–H and O–H groups in total. The Labute approximate surface area is 147 Å². The molecule has 0 spiro atoms. The molecule has 2 aromatic carbocycles. The van der Waals surface area contributed by atoms with Gasteiger partial charge in [-0.15, -0.1) is 0 Å². The Morgan fingerprint density at radius 1 is 1.08 bits per heavy atom. The molecule has 0 fully saturated rings. The highest BCUT2D eigenvalue weighted by molar-refractivity contribution is 5.92. The van der Waals surface area contributed by atoms with Crippen molar-refractivity contribution < 1.29 is 19.4 Å². The van der Waals surface area contributed by atoms with E-state index in [2.05, 4.69) is 11.4 Å². The van der Waals surface area contributed by atoms with E-state index in [1.54, 1.807) is 31.2 Å². The lowest BCUT2D eigenvalue weighted by Gasteiger charge is -2.13. The van der Waals surface area contributed by atoms with Crippen molar-refractivity contribution in [3.63, 3.8) is 0 Å². The van der Waals surface area contributed by atoms with Crippen LogP contribution in [0.4, 0.5) is 5.69 Å². The maximum atomic E-state index is 12.2. The van der Waals surface area contributed by atoms with Gasteiger partial charge < -0.3 is 15.2 Å². The average molecular weight is 341 g/mol. The van der Waals surface area contributed by atoms with Gasteiger partial charge in [-0.1, -0.05) is 25.1 Å². The molecule has 0 saturated heterocycles. The first-order valence-corrected chi connectivity index (χ1v) is 8.24. The van der Waals surface area contributed by atoms with E-state index in [4.69, 9.17) is 9.84 Å². The van der Waals surface area contributed by atoms with Gasteiger partial charge in [0.25, 0.3) is 0 Å². The number of amides is 1. The molecule has 0 unspecified atom stereocenters. The van der Waals surface area contributed by atoms with Crippen LogP contribution < -0.4 is 10.1 Å². The van der Waals surface area contributed by atoms with Crippen molar-refractivity contribution in [2.24, 2.45) is 0 Å². The summed E-state index contributed by atoms with van der Waals surface area (Å²) in [5, 5.41) is 11.9. The van der Waals surface area contributed by atoms with Crippen LogP contribution in [0.3, 0.4) is 0 Å². The van der Waals surface area contributed by atoms with E-state index in [-0.39, 0.29) is 12.3 Å². The quantitative estimate of drug-likeness (QED) is 0.805. The predicted molar refractivity (Wildman–Crippen MR) is 97.0 cm³/mol. The normalized spacial score (nSPS) is 11.6. The fourth-order valence-electron chi connectivity index (χ4n) is 2.60. The zero-order valence-corrected chi connectivity index (χ0v) is 14.7. The zero-order chi connectivity index (χ0) is 18.4. The molecule has 0 saturated carbocycles. The Bertz CT molecular complexity index is 733. The third kappa shape index (κ3) is 5.64. The molecule has 0 aromatic heterocycles. The number of carbonyl (C=O) groups excluding carboxylic acids is 1. The maximum absolute atomic E-state index is 12.2. The number of carboxylic acids is 1. The van der Waals surface area contributed by atoms with Crippen LogP contribution in [0, 0.1) is 13.8 Å². The number of nitrogens with one attached hydrogen (secondary N) is 1. The summed E-state index contributed by atoms with van der Waals surface area (Å²) in [6.45, 7) is 5.73. The van der Waals surface area contributed by atoms with Gasteiger partial charge in [-0.3, -0.25) is 4.79 Å². The number of hydrogen-bond acceptors (Lipinski definition) is 3. The molecule has 0 heterocycles. The summed E-state index contributed by atoms with van der Waals surface area (Å²) < 4.78 is 5.41. The van der Waals surface area contributed by atoms with Gasteiger partial charge in [0.05, 0.1) is 6.42 Å². The standard InChI is InChI=1S/C20H23NO4/c1-4-18(20(23)24)25-17-7-5-15(6-8-17)12-19(22)21-16-10-13(2)9-14(3)11-16/h5-11,18H,4,12H2,1-3H3,(H,21,22)(H,23,24)/t18-/m0/s1. The third-order valence-corrected chi connectivity index (χ3v) is 3.72. The van der Waals surface area contributed by atoms with Crippen molar-refractivity contribution in [1.82, 2.24) is 0 Å². The van der Waals surface area contributed by atoms with Gasteiger partial charge in [-0.25, -0.2) is 4.79 Å². The Kier molecular flexibility index (Phi) is 6.17. The molecule has 1 amide bonds. The van der Waals surface area contributed by atoms with Crippen molar-refractivity contribution in [2.45, 2.75) is 39.7 Å². The SMILES string of the molecule is CC[C@H](Oc1ccc(CC(=O)Nc2cc(C)cc(C)c2)cc1)C(=O)O. The predicted octanol–water partition coefficient (Wildman–Crippen LogP) is 3.73. The molecular formula is C20H23NO4. The minimum absolute atomic E-state index is 0.101. The second-order valence-electron chi connectivity index (χ2n) is 6.10. The van der Waals surface area contributed by atoms with Gasteiger partial charge in [0.1, 0.15) is 5.75 Å². The van der Waals surface area contributed by atoms with Gasteiger partial charge >= 0.3 is 5.97 Å². The molecule has 1 atom stereocenters. The summed E-state index contributed by atoms with van der Waals surface area (Å²) in [5.41, 5.74) is 3.81. The lowest BCUT2D eigenvalue weighted by Crippen LogP contribution is -2.25. The van der Waals surface area contributed by atoms with E-state index in [9.17, 15) is 9.59 Å². The molecule has 0 radical (unpaired) electrons. The van der Waals surface area contributed by atoms with Gasteiger partial charge in [-0.05, 0) is 61.2 Å². The summed E-state index contributed by atoms with van der Waals surface area (Å²) in [5.74, 6) is -0.609. The smallest absolute Gasteiger partial charge is 0.344 e. The molecule has 25 heavy (non-hydrogen) atoms. The lowest BCUT2D eigenvalue weighted by atomic mass is 10.1. The average Bonchev–Trinajstić information content (AvgIpc) is 2.52. The van der Waals surface area contributed by atoms with Crippen molar-refractivity contribution in [2.75, 3.05) is 5.32 Å². The summed E-state index contributed by atoms with van der Waals surface area (Å²) >= 11 is 0. The highest BCUT2D eigenvalue weighted by Crippen LogP contribution is 2.17. The fraction of sp³-hybridized carbons (Fsp3) is 0.300. The molecule has 5 nitrogen and oxygen atoms in total. The van der Waals surface area contributed by atoms with Crippen LogP contribution >= 0.6 is 0 Å². The van der Waals surface area contributed by atoms with Gasteiger partial charge in [-0.2, -0.15) is 0 Å². The molecule has 0 aliphatic rings. The van der Waals surface area contributed by atoms with Crippen molar-refractivity contribution in [1.29, 1.82) is 0 Å². The number of carboxylic acid groups (broad SMARTS) is 1. The summed E-state index contributed by atoms with van der Waals surface area (Å²) in [6, 6.07) is 12.8. The van der Waals surface area contributed by atoms with Gasteiger partial charge in [0.2, 0.25) is 5.91 Å². The van der Waals surface area contributed by atoms with E-state index in [0.717, 1.165) is 22.4 Å². The van der Waals surface area contributed by atoms with Crippen molar-refractivity contribution in [3.05, 3.63) is 59.2 Å². The number of rotatable bonds is 7. The maximum Gasteiger partial charge on any atom is 0.344 e. The van der Waals surface area contributed by atoms with Crippen LogP contribution in [0.15, 0.2) is 42.5 Å². The monoisotopic (exact) mass is 341 g/mol. The first kappa shape index (κ1) is 18.5. The minimum atomic E-state index is -0.987. The Morgan fingerprint density at radius 3 is 2.20 bits per heavy atom. The molecule has 0 bridgehead atoms. The fourth-order valence-corrected chi connectivity index (χ4v) is 2.60. The van der Waals surface area contributed by atoms with Crippen LogP contribution in [0.1, 0.15) is 30.0 Å². The van der Waals surface area contributed by atoms with Crippen molar-refractivity contribution >= 4 is 17.6 Å². The Hall–Kier alpha value is -2.82. The van der Waals surface area contributed by atoms with Gasteiger partial charge in [0, 0.05) is 5.69 Å². The first-order chi connectivity index (χ1) is 11.9. The van der Waals surface area contributed by atoms with Crippen LogP contribution in [0.5, 0.6) is 5.75 Å². The summed E-state index contributed by atoms with van der Waals surface area (Å²) in [6.07, 6.45) is -0.238. The number of carbonyl (C=O) groups is 2. The first-order valence-electron chi connectivity index (χ1n) is 8.24. The highest BCUT2D eigenvalue weighted by Gasteiger charge is 2.16. The zero-order valence-electron chi connectivity index (χ0n) is 14.7. The molecule has 132 valence electrons. The highest BCUT2D eigenvalue weighted by atomic mass is 16.5. The minimum Gasteiger partial charge on any atom is -0.479 e. The number of ether oxygens (including phenoxy) is 1. The number of aryl methyl sites for hydroxylation is 2. The largest absolute Gasteiger partial charge is 0.479 e. The number of benzene rings is 2. The van der Waals surface area contributed by atoms with Crippen LogP contribution in [0.25, 0.3) is 0 Å². The van der Waals surface area contributed by atoms with E-state index >= 15 is 0 Å². The third-order valence-electron chi connectivity index (χ3n) is 3.72. The second-order valence-corrected chi connectivity index (χ2v) is 6.10. The molecule has 0 aliphatic heterocycles. The van der Waals surface area contributed by atoms with Crippen LogP contribution in [-0.2, 0) is 16.0 Å². The number of anilines is 1. The number of hydrogen-bond donors (Lipinski definition) is 2. The van der Waals surface area contributed by atoms with Crippen LogP contribution in [-0.4, -0.2) is 23.1 Å². The number of aliphatic carboxylic acids is 1. The second kappa shape index (κ2) is 8.33. The molecule has 0 aliphatic carbocycles.